The van der Waals surface area contributed by atoms with Gasteiger partial charge in [-0.25, -0.2) is 9.79 Å². The number of rotatable bonds is 2. The molecule has 0 fully saturated rings. The largest absolute Gasteiger partial charge is 0.480 e. The summed E-state index contributed by atoms with van der Waals surface area (Å²) in [5.74, 6) is -0.965. The fourth-order valence-corrected chi connectivity index (χ4v) is 1.42. The summed E-state index contributed by atoms with van der Waals surface area (Å²) in [6, 6.07) is 8.39. The zero-order chi connectivity index (χ0) is 9.97. The van der Waals surface area contributed by atoms with Crippen LogP contribution in [-0.2, 0) is 9.53 Å². The predicted octanol–water partition coefficient (Wildman–Crippen LogP) is 1.24. The lowest BCUT2D eigenvalue weighted by atomic mass is 10.0. The van der Waals surface area contributed by atoms with Gasteiger partial charge in [0.25, 0.3) is 0 Å². The van der Waals surface area contributed by atoms with Crippen molar-refractivity contribution in [3.05, 3.63) is 35.9 Å². The fourth-order valence-electron chi connectivity index (χ4n) is 1.42. The molecule has 1 N–H and O–H groups in total. The normalized spacial score (nSPS) is 24.6. The van der Waals surface area contributed by atoms with Crippen LogP contribution in [0.4, 0.5) is 0 Å². The number of aliphatic imine (C=N–C) groups is 1. The molecule has 4 nitrogen and oxygen atoms in total. The minimum atomic E-state index is -0.965. The maximum absolute atomic E-state index is 10.8. The van der Waals surface area contributed by atoms with E-state index in [1.54, 1.807) is 0 Å². The van der Waals surface area contributed by atoms with Crippen molar-refractivity contribution in [2.24, 2.45) is 4.99 Å². The zero-order valence-electron chi connectivity index (χ0n) is 7.33. The maximum Gasteiger partial charge on any atom is 0.332 e. The minimum absolute atomic E-state index is 0.492. The van der Waals surface area contributed by atoms with Crippen LogP contribution in [0.3, 0.4) is 0 Å². The quantitative estimate of drug-likeness (QED) is 0.765. The highest BCUT2D eigenvalue weighted by Gasteiger charge is 2.33. The van der Waals surface area contributed by atoms with Gasteiger partial charge in [-0.3, -0.25) is 0 Å². The molecule has 1 heterocycles. The molecule has 0 spiro atoms. The van der Waals surface area contributed by atoms with Crippen molar-refractivity contribution in [3.8, 4) is 0 Å². The molecule has 72 valence electrons. The van der Waals surface area contributed by atoms with Gasteiger partial charge in [0, 0.05) is 0 Å². The molecule has 1 aliphatic rings. The molecule has 1 aromatic rings. The first kappa shape index (κ1) is 8.74. The van der Waals surface area contributed by atoms with Crippen LogP contribution in [0.2, 0.25) is 0 Å². The third kappa shape index (κ3) is 1.46. The molecule has 1 aliphatic heterocycles. The molecule has 2 rings (SSSR count). The topological polar surface area (TPSA) is 58.9 Å². The Hall–Kier alpha value is -1.84. The van der Waals surface area contributed by atoms with Crippen molar-refractivity contribution in [1.82, 2.24) is 0 Å². The molecule has 0 saturated carbocycles. The summed E-state index contributed by atoms with van der Waals surface area (Å²) in [6.45, 7) is 0. The summed E-state index contributed by atoms with van der Waals surface area (Å²) in [4.78, 5) is 14.5. The fraction of sp³-hybridized carbons (Fsp3) is 0.200. The maximum atomic E-state index is 10.8. The number of carboxylic acids is 1. The van der Waals surface area contributed by atoms with Crippen molar-refractivity contribution in [2.45, 2.75) is 12.1 Å². The number of nitrogens with zero attached hydrogens (tertiary/aromatic N) is 1. The van der Waals surface area contributed by atoms with Crippen molar-refractivity contribution in [3.63, 3.8) is 0 Å². The van der Waals surface area contributed by atoms with Crippen LogP contribution in [0.15, 0.2) is 35.3 Å². The van der Waals surface area contributed by atoms with Crippen molar-refractivity contribution in [2.75, 3.05) is 0 Å². The summed E-state index contributed by atoms with van der Waals surface area (Å²) in [7, 11) is 0. The monoisotopic (exact) mass is 191 g/mol. The number of ether oxygens (including phenoxy) is 1. The van der Waals surface area contributed by atoms with Gasteiger partial charge in [-0.05, 0) is 5.56 Å². The number of carbonyl (C=O) groups is 1. The average Bonchev–Trinajstić information content (AvgIpc) is 2.67. The van der Waals surface area contributed by atoms with Gasteiger partial charge < -0.3 is 9.84 Å². The molecular formula is C10H9NO3. The highest BCUT2D eigenvalue weighted by molar-refractivity contribution is 5.78. The molecule has 0 radical (unpaired) electrons. The van der Waals surface area contributed by atoms with Crippen LogP contribution in [0.1, 0.15) is 11.7 Å². The second kappa shape index (κ2) is 3.49. The van der Waals surface area contributed by atoms with E-state index < -0.39 is 18.1 Å². The highest BCUT2D eigenvalue weighted by atomic mass is 16.5. The molecule has 0 bridgehead atoms. The van der Waals surface area contributed by atoms with E-state index >= 15 is 0 Å². The molecule has 4 heteroatoms. The Labute approximate surface area is 80.8 Å². The van der Waals surface area contributed by atoms with Gasteiger partial charge in [0.15, 0.2) is 18.5 Å². The number of carboxylic acid groups (broad SMARTS) is 1. The van der Waals surface area contributed by atoms with Gasteiger partial charge >= 0.3 is 5.97 Å². The van der Waals surface area contributed by atoms with Gasteiger partial charge in [-0.1, -0.05) is 30.3 Å². The number of aliphatic carboxylic acids is 1. The van der Waals surface area contributed by atoms with E-state index in [4.69, 9.17) is 9.84 Å². The lowest BCUT2D eigenvalue weighted by molar-refractivity contribution is -0.140. The smallest absolute Gasteiger partial charge is 0.332 e. The van der Waals surface area contributed by atoms with Crippen LogP contribution >= 0.6 is 0 Å². The number of hydrogen-bond acceptors (Lipinski definition) is 3. The van der Waals surface area contributed by atoms with Gasteiger partial charge in [0.1, 0.15) is 0 Å². The van der Waals surface area contributed by atoms with Gasteiger partial charge in [-0.15, -0.1) is 0 Å². The van der Waals surface area contributed by atoms with E-state index in [1.807, 2.05) is 30.3 Å². The van der Waals surface area contributed by atoms with E-state index in [0.717, 1.165) is 5.56 Å². The van der Waals surface area contributed by atoms with Crippen LogP contribution in [0.5, 0.6) is 0 Å². The molecule has 0 amide bonds. The molecular weight excluding hydrogens is 182 g/mol. The molecule has 0 saturated heterocycles. The lowest BCUT2D eigenvalue weighted by Gasteiger charge is -2.13. The van der Waals surface area contributed by atoms with Crippen molar-refractivity contribution >= 4 is 12.4 Å². The third-order valence-corrected chi connectivity index (χ3v) is 2.10. The molecule has 1 aromatic carbocycles. The second-order valence-corrected chi connectivity index (χ2v) is 3.00. The summed E-state index contributed by atoms with van der Waals surface area (Å²) in [6.07, 6.45) is 0.713. The average molecular weight is 191 g/mol. The minimum Gasteiger partial charge on any atom is -0.480 e. The van der Waals surface area contributed by atoms with Gasteiger partial charge in [-0.2, -0.15) is 0 Å². The Morgan fingerprint density at radius 3 is 2.71 bits per heavy atom. The van der Waals surface area contributed by atoms with Crippen LogP contribution in [-0.4, -0.2) is 23.5 Å². The standard InChI is InChI=1S/C10H9NO3/c12-10(13)8-9(14-6-11-8)7-4-2-1-3-5-7/h1-6,8-9H,(H,12,13)/t8-,9-/m0/s1. The Morgan fingerprint density at radius 2 is 2.07 bits per heavy atom. The Bertz CT molecular complexity index is 361. The first-order valence-corrected chi connectivity index (χ1v) is 4.24. The molecule has 14 heavy (non-hydrogen) atoms. The molecule has 2 atom stereocenters. The number of hydrogen-bond donors (Lipinski definition) is 1. The predicted molar refractivity (Wildman–Crippen MR) is 50.2 cm³/mol. The molecule has 0 unspecified atom stereocenters. The zero-order valence-corrected chi connectivity index (χ0v) is 7.33. The van der Waals surface area contributed by atoms with Gasteiger partial charge in [0.05, 0.1) is 0 Å². The Morgan fingerprint density at radius 1 is 1.36 bits per heavy atom. The van der Waals surface area contributed by atoms with Crippen molar-refractivity contribution < 1.29 is 14.6 Å². The summed E-state index contributed by atoms with van der Waals surface area (Å²) in [5.41, 5.74) is 0.831. The van der Waals surface area contributed by atoms with Crippen LogP contribution < -0.4 is 0 Å². The SMILES string of the molecule is O=C(O)[C@H]1N=CO[C@H]1c1ccccc1. The van der Waals surface area contributed by atoms with E-state index in [9.17, 15) is 4.79 Å². The van der Waals surface area contributed by atoms with Gasteiger partial charge in [0.2, 0.25) is 0 Å². The Balaban J connectivity index is 2.24. The summed E-state index contributed by atoms with van der Waals surface area (Å²) < 4.78 is 5.14. The van der Waals surface area contributed by atoms with Crippen molar-refractivity contribution in [1.29, 1.82) is 0 Å². The van der Waals surface area contributed by atoms with E-state index in [0.29, 0.717) is 0 Å². The first-order valence-electron chi connectivity index (χ1n) is 4.24. The highest BCUT2D eigenvalue weighted by Crippen LogP contribution is 2.26. The second-order valence-electron chi connectivity index (χ2n) is 3.00. The molecule has 0 aliphatic carbocycles. The van der Waals surface area contributed by atoms with E-state index in [2.05, 4.69) is 4.99 Å². The first-order chi connectivity index (χ1) is 6.79. The summed E-state index contributed by atoms with van der Waals surface area (Å²) in [5, 5.41) is 8.85. The van der Waals surface area contributed by atoms with E-state index in [1.165, 1.54) is 6.40 Å². The Kier molecular flexibility index (Phi) is 2.18. The van der Waals surface area contributed by atoms with Crippen LogP contribution in [0.25, 0.3) is 0 Å². The van der Waals surface area contributed by atoms with Crippen LogP contribution in [0, 0.1) is 0 Å². The third-order valence-electron chi connectivity index (χ3n) is 2.10. The molecule has 0 aromatic heterocycles. The summed E-state index contributed by atoms with van der Waals surface area (Å²) >= 11 is 0. The number of benzene rings is 1. The van der Waals surface area contributed by atoms with E-state index in [-0.39, 0.29) is 0 Å². The lowest BCUT2D eigenvalue weighted by Crippen LogP contribution is -2.23.